The zero-order valence-electron chi connectivity index (χ0n) is 14.7. The van der Waals surface area contributed by atoms with Crippen molar-refractivity contribution in [3.8, 4) is 0 Å². The van der Waals surface area contributed by atoms with Gasteiger partial charge in [0.05, 0.1) is 18.3 Å². The van der Waals surface area contributed by atoms with E-state index in [1.54, 1.807) is 6.20 Å². The molecule has 0 aliphatic carbocycles. The average molecular weight is 336 g/mol. The molecule has 0 radical (unpaired) electrons. The Balaban J connectivity index is 2.28. The standard InChI is InChI=1S/C17H28N4O3/c1-17(2,3)21(16(23)24)11-7-5-9-14(18)15(22)20-12-13-8-4-6-10-19-13/h4,6,8,10,14H,5,7,9,11-12,18H2,1-3H3,(H,20,22)(H,23,24). The summed E-state index contributed by atoms with van der Waals surface area (Å²) in [6, 6.07) is 4.91. The minimum Gasteiger partial charge on any atom is -0.465 e. The molecule has 0 bridgehead atoms. The molecule has 0 aromatic carbocycles. The Morgan fingerprint density at radius 2 is 2.04 bits per heavy atom. The van der Waals surface area contributed by atoms with Gasteiger partial charge in [-0.3, -0.25) is 9.78 Å². The van der Waals surface area contributed by atoms with E-state index >= 15 is 0 Å². The lowest BCUT2D eigenvalue weighted by molar-refractivity contribution is -0.122. The highest BCUT2D eigenvalue weighted by Crippen LogP contribution is 2.15. The molecule has 0 saturated carbocycles. The monoisotopic (exact) mass is 336 g/mol. The first kappa shape index (κ1) is 19.9. The van der Waals surface area contributed by atoms with Gasteiger partial charge in [-0.2, -0.15) is 0 Å². The molecule has 134 valence electrons. The van der Waals surface area contributed by atoms with E-state index in [4.69, 9.17) is 5.73 Å². The number of hydrogen-bond acceptors (Lipinski definition) is 4. The third kappa shape index (κ3) is 6.95. The quantitative estimate of drug-likeness (QED) is 0.629. The van der Waals surface area contributed by atoms with Gasteiger partial charge in [0.1, 0.15) is 0 Å². The summed E-state index contributed by atoms with van der Waals surface area (Å²) in [4.78, 5) is 28.7. The molecule has 1 atom stereocenters. The van der Waals surface area contributed by atoms with Gasteiger partial charge < -0.3 is 21.1 Å². The van der Waals surface area contributed by atoms with Crippen LogP contribution in [0.3, 0.4) is 0 Å². The number of amides is 2. The van der Waals surface area contributed by atoms with Crippen molar-refractivity contribution < 1.29 is 14.7 Å². The van der Waals surface area contributed by atoms with Gasteiger partial charge in [-0.1, -0.05) is 6.07 Å². The molecule has 1 rings (SSSR count). The van der Waals surface area contributed by atoms with Crippen LogP contribution in [0.1, 0.15) is 45.7 Å². The van der Waals surface area contributed by atoms with E-state index in [9.17, 15) is 14.7 Å². The second-order valence-electron chi connectivity index (χ2n) is 6.75. The summed E-state index contributed by atoms with van der Waals surface area (Å²) in [6.45, 7) is 6.36. The number of unbranched alkanes of at least 4 members (excludes halogenated alkanes) is 1. The summed E-state index contributed by atoms with van der Waals surface area (Å²) in [6.07, 6.45) is 2.62. The molecule has 4 N–H and O–H groups in total. The molecule has 1 aromatic rings. The largest absolute Gasteiger partial charge is 0.465 e. The number of carboxylic acid groups (broad SMARTS) is 1. The van der Waals surface area contributed by atoms with Crippen LogP contribution >= 0.6 is 0 Å². The van der Waals surface area contributed by atoms with Crippen LogP contribution in [0.4, 0.5) is 4.79 Å². The molecule has 7 nitrogen and oxygen atoms in total. The predicted molar refractivity (Wildman–Crippen MR) is 92.4 cm³/mol. The number of aromatic nitrogens is 1. The minimum absolute atomic E-state index is 0.216. The van der Waals surface area contributed by atoms with Crippen molar-refractivity contribution in [1.29, 1.82) is 0 Å². The Hall–Kier alpha value is -2.15. The normalized spacial score (nSPS) is 12.5. The molecular weight excluding hydrogens is 308 g/mol. The summed E-state index contributed by atoms with van der Waals surface area (Å²) in [5.74, 6) is -0.216. The fourth-order valence-electron chi connectivity index (χ4n) is 2.29. The lowest BCUT2D eigenvalue weighted by Gasteiger charge is -2.33. The maximum Gasteiger partial charge on any atom is 0.407 e. The first-order chi connectivity index (χ1) is 11.2. The van der Waals surface area contributed by atoms with Crippen LogP contribution in [0.15, 0.2) is 24.4 Å². The third-order valence-corrected chi connectivity index (χ3v) is 3.69. The van der Waals surface area contributed by atoms with Gasteiger partial charge in [0, 0.05) is 18.3 Å². The molecule has 1 unspecified atom stereocenters. The van der Waals surface area contributed by atoms with E-state index in [-0.39, 0.29) is 5.91 Å². The highest BCUT2D eigenvalue weighted by atomic mass is 16.4. The van der Waals surface area contributed by atoms with Crippen LogP contribution in [0.2, 0.25) is 0 Å². The molecular formula is C17H28N4O3. The lowest BCUT2D eigenvalue weighted by Crippen LogP contribution is -2.45. The Labute approximate surface area is 143 Å². The molecule has 7 heteroatoms. The number of hydrogen-bond donors (Lipinski definition) is 3. The van der Waals surface area contributed by atoms with Crippen molar-refractivity contribution in [3.63, 3.8) is 0 Å². The van der Waals surface area contributed by atoms with Gasteiger partial charge in [0.15, 0.2) is 0 Å². The Kier molecular flexibility index (Phi) is 7.64. The van der Waals surface area contributed by atoms with E-state index in [1.807, 2.05) is 39.0 Å². The second kappa shape index (κ2) is 9.22. The van der Waals surface area contributed by atoms with Gasteiger partial charge >= 0.3 is 6.09 Å². The first-order valence-corrected chi connectivity index (χ1v) is 8.15. The maximum atomic E-state index is 11.9. The average Bonchev–Trinajstić information content (AvgIpc) is 2.51. The zero-order valence-corrected chi connectivity index (χ0v) is 14.7. The lowest BCUT2D eigenvalue weighted by atomic mass is 10.0. The Morgan fingerprint density at radius 1 is 1.33 bits per heavy atom. The summed E-state index contributed by atoms with van der Waals surface area (Å²) in [5.41, 5.74) is 6.22. The van der Waals surface area contributed by atoms with Crippen molar-refractivity contribution in [2.45, 2.75) is 58.2 Å². The molecule has 2 amide bonds. The highest BCUT2D eigenvalue weighted by molar-refractivity contribution is 5.81. The van der Waals surface area contributed by atoms with Crippen molar-refractivity contribution in [3.05, 3.63) is 30.1 Å². The minimum atomic E-state index is -0.931. The van der Waals surface area contributed by atoms with Crippen molar-refractivity contribution in [2.24, 2.45) is 5.73 Å². The molecule has 1 heterocycles. The molecule has 0 saturated heterocycles. The van der Waals surface area contributed by atoms with Crippen molar-refractivity contribution in [2.75, 3.05) is 6.54 Å². The fraction of sp³-hybridized carbons (Fsp3) is 0.588. The van der Waals surface area contributed by atoms with Gasteiger partial charge in [0.25, 0.3) is 0 Å². The SMILES string of the molecule is CC(C)(C)N(CCCCC(N)C(=O)NCc1ccccn1)C(=O)O. The van der Waals surface area contributed by atoms with E-state index < -0.39 is 17.7 Å². The second-order valence-corrected chi connectivity index (χ2v) is 6.75. The smallest absolute Gasteiger partial charge is 0.407 e. The molecule has 24 heavy (non-hydrogen) atoms. The van der Waals surface area contributed by atoms with Gasteiger partial charge in [0.2, 0.25) is 5.91 Å². The van der Waals surface area contributed by atoms with Crippen LogP contribution < -0.4 is 11.1 Å². The molecule has 0 spiro atoms. The summed E-state index contributed by atoms with van der Waals surface area (Å²) in [7, 11) is 0. The van der Waals surface area contributed by atoms with Crippen molar-refractivity contribution in [1.82, 2.24) is 15.2 Å². The van der Waals surface area contributed by atoms with E-state index in [0.717, 1.165) is 5.69 Å². The van der Waals surface area contributed by atoms with E-state index in [0.29, 0.717) is 32.4 Å². The number of pyridine rings is 1. The van der Waals surface area contributed by atoms with Crippen molar-refractivity contribution >= 4 is 12.0 Å². The number of nitrogens with zero attached hydrogens (tertiary/aromatic N) is 2. The topological polar surface area (TPSA) is 109 Å². The molecule has 0 aliphatic rings. The Bertz CT molecular complexity index is 528. The first-order valence-electron chi connectivity index (χ1n) is 8.15. The van der Waals surface area contributed by atoms with Crippen LogP contribution in [0.5, 0.6) is 0 Å². The van der Waals surface area contributed by atoms with E-state index in [1.165, 1.54) is 4.90 Å². The molecule has 1 aromatic heterocycles. The maximum absolute atomic E-state index is 11.9. The number of carbonyl (C=O) groups is 2. The number of carbonyl (C=O) groups excluding carboxylic acids is 1. The van der Waals surface area contributed by atoms with E-state index in [2.05, 4.69) is 10.3 Å². The van der Waals surface area contributed by atoms with Crippen LogP contribution in [-0.2, 0) is 11.3 Å². The number of nitrogens with two attached hydrogens (primary N) is 1. The number of rotatable bonds is 8. The fourth-order valence-corrected chi connectivity index (χ4v) is 2.29. The predicted octanol–water partition coefficient (Wildman–Crippen LogP) is 1.97. The summed E-state index contributed by atoms with van der Waals surface area (Å²) >= 11 is 0. The molecule has 0 fully saturated rings. The van der Waals surface area contributed by atoms with Gasteiger partial charge in [-0.15, -0.1) is 0 Å². The summed E-state index contributed by atoms with van der Waals surface area (Å²) < 4.78 is 0. The van der Waals surface area contributed by atoms with Crippen LogP contribution in [-0.4, -0.2) is 45.1 Å². The van der Waals surface area contributed by atoms with Crippen LogP contribution in [0, 0.1) is 0 Å². The highest BCUT2D eigenvalue weighted by Gasteiger charge is 2.25. The zero-order chi connectivity index (χ0) is 18.2. The molecule has 0 aliphatic heterocycles. The third-order valence-electron chi connectivity index (χ3n) is 3.69. The Morgan fingerprint density at radius 3 is 2.58 bits per heavy atom. The summed E-state index contributed by atoms with van der Waals surface area (Å²) in [5, 5.41) is 12.0. The number of nitrogens with one attached hydrogen (secondary N) is 1. The van der Waals surface area contributed by atoms with Crippen LogP contribution in [0.25, 0.3) is 0 Å². The van der Waals surface area contributed by atoms with Gasteiger partial charge in [-0.25, -0.2) is 4.79 Å². The van der Waals surface area contributed by atoms with Gasteiger partial charge in [-0.05, 0) is 52.2 Å².